The average molecular weight is 159 g/mol. The number of aryl methyl sites for hydroxylation is 1. The minimum absolute atomic E-state index is 0.498. The maximum atomic E-state index is 6.88. The van der Waals surface area contributed by atoms with Crippen LogP contribution in [0.5, 0.6) is 5.75 Å². The smallest absolute Gasteiger partial charge is 0.123 e. The lowest BCUT2D eigenvalue weighted by Crippen LogP contribution is -1.85. The van der Waals surface area contributed by atoms with Crippen molar-refractivity contribution in [2.24, 2.45) is 0 Å². The van der Waals surface area contributed by atoms with Gasteiger partial charge in [-0.15, -0.1) is 0 Å². The number of ether oxygens (including phenoxy) is 1. The summed E-state index contributed by atoms with van der Waals surface area (Å²) >= 11 is 5.70. The van der Waals surface area contributed by atoms with Crippen molar-refractivity contribution in [1.29, 1.82) is 0 Å². The highest BCUT2D eigenvalue weighted by Crippen LogP contribution is 2.21. The van der Waals surface area contributed by atoms with Gasteiger partial charge in [0.15, 0.2) is 0 Å². The van der Waals surface area contributed by atoms with E-state index in [0.29, 0.717) is 10.8 Å². The SMILES string of the molecule is [2H]C([2H])Oc1cc(Cl)ccc1C. The van der Waals surface area contributed by atoms with Gasteiger partial charge in [-0.3, -0.25) is 0 Å². The van der Waals surface area contributed by atoms with E-state index in [9.17, 15) is 0 Å². The molecule has 0 fully saturated rings. The molecule has 0 saturated heterocycles. The summed E-state index contributed by atoms with van der Waals surface area (Å²) in [6.07, 6.45) is 0. The molecule has 1 rings (SSSR count). The number of benzene rings is 1. The van der Waals surface area contributed by atoms with Gasteiger partial charge in [0.1, 0.15) is 5.75 Å². The van der Waals surface area contributed by atoms with Crippen molar-refractivity contribution < 1.29 is 7.48 Å². The van der Waals surface area contributed by atoms with Gasteiger partial charge in [-0.1, -0.05) is 17.7 Å². The zero-order valence-electron chi connectivity index (χ0n) is 7.60. The number of halogens is 1. The van der Waals surface area contributed by atoms with Crippen LogP contribution in [0.3, 0.4) is 0 Å². The molecular formula is C8H9ClO. The first-order chi connectivity index (χ1) is 5.59. The molecule has 0 unspecified atom stereocenters. The van der Waals surface area contributed by atoms with Crippen molar-refractivity contribution >= 4 is 11.6 Å². The van der Waals surface area contributed by atoms with Gasteiger partial charge in [-0.05, 0) is 24.6 Å². The van der Waals surface area contributed by atoms with Crippen molar-refractivity contribution in [2.75, 3.05) is 7.06 Å². The van der Waals surface area contributed by atoms with Crippen LogP contribution >= 0.6 is 11.6 Å². The molecule has 10 heavy (non-hydrogen) atoms. The standard InChI is InChI=1S/C8H9ClO/c1-6-3-4-7(9)5-8(6)10-2/h3-5H,1-2H3/i2D2. The third kappa shape index (κ3) is 1.42. The van der Waals surface area contributed by atoms with E-state index in [0.717, 1.165) is 5.56 Å². The van der Waals surface area contributed by atoms with E-state index in [1.54, 1.807) is 18.2 Å². The van der Waals surface area contributed by atoms with E-state index in [-0.39, 0.29) is 0 Å². The Balaban J connectivity index is 2.90. The van der Waals surface area contributed by atoms with Crippen molar-refractivity contribution in [3.05, 3.63) is 28.8 Å². The van der Waals surface area contributed by atoms with Crippen molar-refractivity contribution in [3.8, 4) is 5.75 Å². The maximum absolute atomic E-state index is 6.88. The first-order valence-corrected chi connectivity index (χ1v) is 3.24. The first-order valence-electron chi connectivity index (χ1n) is 4.02. The molecule has 0 atom stereocenters. The zero-order valence-corrected chi connectivity index (χ0v) is 6.35. The summed E-state index contributed by atoms with van der Waals surface area (Å²) in [6.45, 7) is 1.84. The fourth-order valence-corrected chi connectivity index (χ4v) is 0.863. The van der Waals surface area contributed by atoms with Crippen LogP contribution in [0.4, 0.5) is 0 Å². The average Bonchev–Trinajstić information content (AvgIpc) is 1.96. The van der Waals surface area contributed by atoms with Crippen LogP contribution in [0.15, 0.2) is 18.2 Å². The van der Waals surface area contributed by atoms with Crippen LogP contribution in [-0.4, -0.2) is 7.06 Å². The van der Waals surface area contributed by atoms with E-state index in [1.165, 1.54) is 0 Å². The Morgan fingerprint density at radius 3 is 3.10 bits per heavy atom. The second kappa shape index (κ2) is 2.93. The predicted molar refractivity (Wildman–Crippen MR) is 42.7 cm³/mol. The third-order valence-corrected chi connectivity index (χ3v) is 1.51. The molecule has 0 radical (unpaired) electrons. The Morgan fingerprint density at radius 2 is 2.40 bits per heavy atom. The maximum Gasteiger partial charge on any atom is 0.123 e. The van der Waals surface area contributed by atoms with Gasteiger partial charge >= 0.3 is 0 Å². The molecule has 0 amide bonds. The van der Waals surface area contributed by atoms with Gasteiger partial charge in [0.2, 0.25) is 0 Å². The molecule has 0 aromatic heterocycles. The van der Waals surface area contributed by atoms with Crippen LogP contribution in [0.1, 0.15) is 8.30 Å². The Kier molecular flexibility index (Phi) is 1.47. The molecule has 0 bridgehead atoms. The van der Waals surface area contributed by atoms with Crippen LogP contribution in [0.2, 0.25) is 5.02 Å². The highest BCUT2D eigenvalue weighted by Gasteiger charge is 1.96. The van der Waals surface area contributed by atoms with Gasteiger partial charge in [-0.25, -0.2) is 0 Å². The van der Waals surface area contributed by atoms with E-state index in [2.05, 4.69) is 0 Å². The van der Waals surface area contributed by atoms with Gasteiger partial charge in [0, 0.05) is 5.02 Å². The number of hydrogen-bond donors (Lipinski definition) is 0. The summed E-state index contributed by atoms with van der Waals surface area (Å²) in [5, 5.41) is 0.552. The Bertz CT molecular complexity index is 276. The van der Waals surface area contributed by atoms with Crippen LogP contribution in [0.25, 0.3) is 0 Å². The minimum atomic E-state index is -1.30. The second-order valence-electron chi connectivity index (χ2n) is 2.03. The zero-order chi connectivity index (χ0) is 9.14. The molecular weight excluding hydrogens is 148 g/mol. The molecule has 1 aromatic carbocycles. The van der Waals surface area contributed by atoms with Gasteiger partial charge in [0.05, 0.1) is 9.80 Å². The largest absolute Gasteiger partial charge is 0.496 e. The van der Waals surface area contributed by atoms with Gasteiger partial charge in [0.25, 0.3) is 0 Å². The van der Waals surface area contributed by atoms with Gasteiger partial charge < -0.3 is 4.74 Å². The molecule has 0 heterocycles. The summed E-state index contributed by atoms with van der Waals surface area (Å²) in [4.78, 5) is 0. The van der Waals surface area contributed by atoms with Crippen LogP contribution in [-0.2, 0) is 0 Å². The van der Waals surface area contributed by atoms with E-state index >= 15 is 0 Å². The Morgan fingerprint density at radius 1 is 1.60 bits per heavy atom. The lowest BCUT2D eigenvalue weighted by atomic mass is 10.2. The molecule has 1 nitrogen and oxygen atoms in total. The molecule has 54 valence electrons. The van der Waals surface area contributed by atoms with E-state index in [1.807, 2.05) is 6.92 Å². The highest BCUT2D eigenvalue weighted by molar-refractivity contribution is 6.30. The second-order valence-corrected chi connectivity index (χ2v) is 2.46. The van der Waals surface area contributed by atoms with Crippen molar-refractivity contribution in [2.45, 2.75) is 6.92 Å². The highest BCUT2D eigenvalue weighted by atomic mass is 35.5. The molecule has 0 spiro atoms. The van der Waals surface area contributed by atoms with Crippen molar-refractivity contribution in [1.82, 2.24) is 0 Å². The Hall–Kier alpha value is -0.690. The fourth-order valence-electron chi connectivity index (χ4n) is 0.701. The molecule has 1 aromatic rings. The van der Waals surface area contributed by atoms with Crippen LogP contribution in [0, 0.1) is 6.92 Å². The molecule has 0 aliphatic heterocycles. The summed E-state index contributed by atoms with van der Waals surface area (Å²) in [6, 6.07) is 5.14. The number of hydrogen-bond acceptors (Lipinski definition) is 1. The van der Waals surface area contributed by atoms with E-state index in [4.69, 9.17) is 19.1 Å². The number of methoxy groups -OCH3 is 1. The first kappa shape index (κ1) is 5.03. The van der Waals surface area contributed by atoms with Gasteiger partial charge in [-0.2, -0.15) is 0 Å². The molecule has 0 aliphatic rings. The van der Waals surface area contributed by atoms with Crippen LogP contribution < -0.4 is 4.74 Å². The summed E-state index contributed by atoms with van der Waals surface area (Å²) in [5.41, 5.74) is 0.879. The molecule has 0 aliphatic carbocycles. The predicted octanol–water partition coefficient (Wildman–Crippen LogP) is 2.66. The quantitative estimate of drug-likeness (QED) is 0.611. The Labute approximate surface area is 68.4 Å². The summed E-state index contributed by atoms with van der Waals surface area (Å²) in [7, 11) is -1.30. The van der Waals surface area contributed by atoms with E-state index < -0.39 is 7.06 Å². The summed E-state index contributed by atoms with van der Waals surface area (Å²) < 4.78 is 18.6. The monoisotopic (exact) mass is 158 g/mol. The minimum Gasteiger partial charge on any atom is -0.496 e. The summed E-state index contributed by atoms with van der Waals surface area (Å²) in [5.74, 6) is 0.498. The fraction of sp³-hybridized carbons (Fsp3) is 0.250. The molecule has 0 N–H and O–H groups in total. The lowest BCUT2D eigenvalue weighted by molar-refractivity contribution is 0.412. The molecule has 0 saturated carbocycles. The normalized spacial score (nSPS) is 12.7. The lowest BCUT2D eigenvalue weighted by Gasteiger charge is -2.02. The third-order valence-electron chi connectivity index (χ3n) is 1.28. The van der Waals surface area contributed by atoms with Crippen molar-refractivity contribution in [3.63, 3.8) is 0 Å². The topological polar surface area (TPSA) is 9.23 Å². The molecule has 2 heteroatoms. The number of rotatable bonds is 1.